The van der Waals surface area contributed by atoms with Crippen molar-refractivity contribution in [2.24, 2.45) is 0 Å². The minimum Gasteiger partial charge on any atom is -0.454 e. The van der Waals surface area contributed by atoms with Crippen LogP contribution in [-0.2, 0) is 6.18 Å². The number of hydrogen-bond donors (Lipinski definition) is 1. The van der Waals surface area contributed by atoms with Gasteiger partial charge in [-0.3, -0.25) is 0 Å². The zero-order chi connectivity index (χ0) is 22.8. The van der Waals surface area contributed by atoms with Crippen LogP contribution in [0.15, 0.2) is 42.5 Å². The van der Waals surface area contributed by atoms with Crippen molar-refractivity contribution in [3.63, 3.8) is 0 Å². The summed E-state index contributed by atoms with van der Waals surface area (Å²) in [6.07, 6.45) is -9.38. The van der Waals surface area contributed by atoms with Gasteiger partial charge in [0.15, 0.2) is 24.1 Å². The molecule has 3 aromatic rings. The van der Waals surface area contributed by atoms with Crippen LogP contribution in [0.25, 0.3) is 11.4 Å². The first-order valence-corrected chi connectivity index (χ1v) is 8.26. The first-order chi connectivity index (χ1) is 14.4. The number of rotatable bonds is 5. The lowest BCUT2D eigenvalue weighted by Crippen LogP contribution is -2.20. The summed E-state index contributed by atoms with van der Waals surface area (Å²) in [5, 5.41) is 2.40. The molecule has 0 bridgehead atoms. The van der Waals surface area contributed by atoms with Gasteiger partial charge in [-0.2, -0.15) is 41.3 Å². The number of anilines is 2. The number of halogens is 8. The number of nitrogens with zero attached hydrogens (tertiary/aromatic N) is 3. The summed E-state index contributed by atoms with van der Waals surface area (Å²) >= 11 is 0. The Labute approximate surface area is 168 Å². The molecular weight excluding hydrogens is 440 g/mol. The first-order valence-electron chi connectivity index (χ1n) is 8.26. The molecule has 5 nitrogen and oxygen atoms in total. The maximum absolute atomic E-state index is 13.5. The summed E-state index contributed by atoms with van der Waals surface area (Å²) in [5.41, 5.74) is -1.27. The largest absolute Gasteiger partial charge is 0.454 e. The van der Waals surface area contributed by atoms with Gasteiger partial charge in [0.2, 0.25) is 5.95 Å². The van der Waals surface area contributed by atoms with Crippen LogP contribution in [0, 0.1) is 11.6 Å². The molecule has 164 valence electrons. The third kappa shape index (κ3) is 5.99. The van der Waals surface area contributed by atoms with Crippen LogP contribution in [-0.4, -0.2) is 27.7 Å². The molecule has 0 saturated carbocycles. The van der Waals surface area contributed by atoms with Crippen molar-refractivity contribution in [3.8, 4) is 17.4 Å². The van der Waals surface area contributed by atoms with Gasteiger partial charge in [-0.25, -0.2) is 8.78 Å². The zero-order valence-corrected chi connectivity index (χ0v) is 15.0. The predicted molar refractivity (Wildman–Crippen MR) is 91.5 cm³/mol. The summed E-state index contributed by atoms with van der Waals surface area (Å²) in [4.78, 5) is 11.0. The molecule has 1 heterocycles. The molecule has 0 aliphatic carbocycles. The molecule has 0 radical (unpaired) electrons. The molecule has 31 heavy (non-hydrogen) atoms. The van der Waals surface area contributed by atoms with Crippen LogP contribution in [0.5, 0.6) is 6.01 Å². The fraction of sp³-hybridized carbons (Fsp3) is 0.167. The third-order valence-electron chi connectivity index (χ3n) is 3.60. The average Bonchev–Trinajstić information content (AvgIpc) is 2.67. The quantitative estimate of drug-likeness (QED) is 0.519. The first kappa shape index (κ1) is 22.2. The minimum absolute atomic E-state index is 0.134. The smallest absolute Gasteiger partial charge is 0.422 e. The average molecular weight is 450 g/mol. The number of alkyl halides is 6. The molecule has 0 atom stereocenters. The fourth-order valence-electron chi connectivity index (χ4n) is 2.29. The van der Waals surface area contributed by atoms with E-state index in [1.807, 2.05) is 0 Å². The highest BCUT2D eigenvalue weighted by molar-refractivity contribution is 5.60. The van der Waals surface area contributed by atoms with Gasteiger partial charge in [0.05, 0.1) is 5.56 Å². The second kappa shape index (κ2) is 8.32. The topological polar surface area (TPSA) is 59.9 Å². The Morgan fingerprint density at radius 1 is 0.839 bits per heavy atom. The van der Waals surface area contributed by atoms with E-state index in [0.717, 1.165) is 30.3 Å². The molecule has 3 rings (SSSR count). The van der Waals surface area contributed by atoms with E-state index in [0.29, 0.717) is 6.07 Å². The van der Waals surface area contributed by atoms with Gasteiger partial charge in [-0.05, 0) is 36.4 Å². The minimum atomic E-state index is -4.73. The monoisotopic (exact) mass is 450 g/mol. The van der Waals surface area contributed by atoms with Gasteiger partial charge in [-0.1, -0.05) is 6.07 Å². The van der Waals surface area contributed by atoms with Gasteiger partial charge in [0.25, 0.3) is 0 Å². The van der Waals surface area contributed by atoms with Crippen LogP contribution < -0.4 is 10.1 Å². The summed E-state index contributed by atoms with van der Waals surface area (Å²) in [6, 6.07) is 5.49. The molecule has 0 unspecified atom stereocenters. The molecular formula is C18H10F8N4O. The molecule has 1 aromatic heterocycles. The van der Waals surface area contributed by atoms with E-state index in [1.54, 1.807) is 0 Å². The van der Waals surface area contributed by atoms with Crippen molar-refractivity contribution < 1.29 is 39.9 Å². The van der Waals surface area contributed by atoms with Crippen molar-refractivity contribution in [1.29, 1.82) is 0 Å². The molecule has 0 fully saturated rings. The number of benzene rings is 2. The van der Waals surface area contributed by atoms with Crippen molar-refractivity contribution in [2.75, 3.05) is 11.9 Å². The number of nitrogens with one attached hydrogen (secondary N) is 1. The Morgan fingerprint density at radius 2 is 1.58 bits per heavy atom. The van der Waals surface area contributed by atoms with E-state index in [-0.39, 0.29) is 11.3 Å². The SMILES string of the molecule is Fc1ccc(-c2nc(Nc3cccc(C(F)(F)F)c3)nc(OCC(F)(F)F)n2)cc1F. The van der Waals surface area contributed by atoms with Crippen molar-refractivity contribution in [2.45, 2.75) is 12.4 Å². The van der Waals surface area contributed by atoms with E-state index in [4.69, 9.17) is 0 Å². The maximum atomic E-state index is 13.5. The van der Waals surface area contributed by atoms with E-state index in [2.05, 4.69) is 25.0 Å². The maximum Gasteiger partial charge on any atom is 0.422 e. The number of hydrogen-bond acceptors (Lipinski definition) is 5. The molecule has 13 heteroatoms. The van der Waals surface area contributed by atoms with E-state index < -0.39 is 53.9 Å². The summed E-state index contributed by atoms with van der Waals surface area (Å²) in [5.74, 6) is -3.34. The molecule has 0 saturated heterocycles. The molecule has 0 aliphatic heterocycles. The van der Waals surface area contributed by atoms with Crippen LogP contribution in [0.3, 0.4) is 0 Å². The Morgan fingerprint density at radius 3 is 2.23 bits per heavy atom. The Bertz CT molecular complexity index is 1080. The van der Waals surface area contributed by atoms with Gasteiger partial charge in [0.1, 0.15) is 0 Å². The Kier molecular flexibility index (Phi) is 5.95. The van der Waals surface area contributed by atoms with Crippen molar-refractivity contribution >= 4 is 11.6 Å². The van der Waals surface area contributed by atoms with Crippen LogP contribution >= 0.6 is 0 Å². The second-order valence-electron chi connectivity index (χ2n) is 6.00. The molecule has 0 amide bonds. The fourth-order valence-corrected chi connectivity index (χ4v) is 2.29. The lowest BCUT2D eigenvalue weighted by molar-refractivity contribution is -0.154. The lowest BCUT2D eigenvalue weighted by Gasteiger charge is -2.12. The standard InChI is InChI=1S/C18H10F8N4O/c19-12-5-4-9(6-13(12)20)14-28-15(30-16(29-14)31-8-17(21,22)23)27-11-3-1-2-10(7-11)18(24,25)26/h1-7H,8H2,(H,27,28,29,30). The van der Waals surface area contributed by atoms with E-state index in [9.17, 15) is 35.1 Å². The Hall–Kier alpha value is -3.51. The number of ether oxygens (including phenoxy) is 1. The molecule has 0 spiro atoms. The van der Waals surface area contributed by atoms with Crippen molar-refractivity contribution in [1.82, 2.24) is 15.0 Å². The third-order valence-corrected chi connectivity index (χ3v) is 3.60. The highest BCUT2D eigenvalue weighted by Gasteiger charge is 2.31. The van der Waals surface area contributed by atoms with Crippen molar-refractivity contribution in [3.05, 3.63) is 59.7 Å². The molecule has 0 aliphatic rings. The Balaban J connectivity index is 1.99. The highest BCUT2D eigenvalue weighted by Crippen LogP contribution is 2.31. The van der Waals surface area contributed by atoms with Crippen LogP contribution in [0.4, 0.5) is 46.8 Å². The highest BCUT2D eigenvalue weighted by atomic mass is 19.4. The predicted octanol–water partition coefficient (Wildman–Crippen LogP) is 5.52. The van der Waals surface area contributed by atoms with Gasteiger partial charge >= 0.3 is 18.4 Å². The van der Waals surface area contributed by atoms with E-state index in [1.165, 1.54) is 6.07 Å². The lowest BCUT2D eigenvalue weighted by atomic mass is 10.2. The molecule has 2 aromatic carbocycles. The second-order valence-corrected chi connectivity index (χ2v) is 6.00. The molecule has 1 N–H and O–H groups in total. The van der Waals surface area contributed by atoms with E-state index >= 15 is 0 Å². The van der Waals surface area contributed by atoms with Gasteiger partial charge < -0.3 is 10.1 Å². The normalized spacial score (nSPS) is 12.0. The van der Waals surface area contributed by atoms with Gasteiger partial charge in [-0.15, -0.1) is 0 Å². The summed E-state index contributed by atoms with van der Waals surface area (Å²) < 4.78 is 107. The van der Waals surface area contributed by atoms with Crippen LogP contribution in [0.2, 0.25) is 0 Å². The zero-order valence-electron chi connectivity index (χ0n) is 15.0. The van der Waals surface area contributed by atoms with Crippen LogP contribution in [0.1, 0.15) is 5.56 Å². The number of aromatic nitrogens is 3. The summed E-state index contributed by atoms with van der Waals surface area (Å²) in [7, 11) is 0. The van der Waals surface area contributed by atoms with Gasteiger partial charge in [0, 0.05) is 11.3 Å². The summed E-state index contributed by atoms with van der Waals surface area (Å²) in [6.45, 7) is -1.77.